The lowest BCUT2D eigenvalue weighted by Gasteiger charge is -2.11. The molecule has 0 saturated carbocycles. The van der Waals surface area contributed by atoms with E-state index < -0.39 is 11.8 Å². The number of hydrazine groups is 1. The van der Waals surface area contributed by atoms with Crippen molar-refractivity contribution >= 4 is 28.7 Å². The van der Waals surface area contributed by atoms with E-state index in [1.165, 1.54) is 7.11 Å². The number of hydrogen-bond acceptors (Lipinski definition) is 5. The van der Waals surface area contributed by atoms with Crippen LogP contribution in [0.15, 0.2) is 60.7 Å². The average Bonchev–Trinajstić information content (AvgIpc) is 3.32. The molecule has 0 aliphatic heterocycles. The number of aryl methyl sites for hydroxylation is 3. The van der Waals surface area contributed by atoms with Gasteiger partial charge in [0.25, 0.3) is 11.8 Å². The SMILES string of the molecule is COC(=O)CCc1cc(C)c(-c2cc3ccc(C(=O)NNC(=O)c4ccc(OC)cc4)cc3[nH]2)c(C)c1. The van der Waals surface area contributed by atoms with Crippen LogP contribution in [-0.2, 0) is 16.0 Å². The van der Waals surface area contributed by atoms with E-state index in [4.69, 9.17) is 9.47 Å². The van der Waals surface area contributed by atoms with Crippen LogP contribution in [0.25, 0.3) is 22.2 Å². The smallest absolute Gasteiger partial charge is 0.305 e. The molecule has 4 rings (SSSR count). The summed E-state index contributed by atoms with van der Waals surface area (Å²) in [5, 5.41) is 0.961. The van der Waals surface area contributed by atoms with Gasteiger partial charge in [0.15, 0.2) is 0 Å². The quantitative estimate of drug-likeness (QED) is 0.254. The van der Waals surface area contributed by atoms with Gasteiger partial charge in [-0.2, -0.15) is 0 Å². The third kappa shape index (κ3) is 5.81. The first-order valence-electron chi connectivity index (χ1n) is 11.8. The van der Waals surface area contributed by atoms with E-state index in [-0.39, 0.29) is 5.97 Å². The van der Waals surface area contributed by atoms with Crippen LogP contribution < -0.4 is 15.6 Å². The predicted octanol–water partition coefficient (Wildman–Crippen LogP) is 4.64. The van der Waals surface area contributed by atoms with Crippen LogP contribution >= 0.6 is 0 Å². The minimum absolute atomic E-state index is 0.227. The first kappa shape index (κ1) is 25.5. The fourth-order valence-corrected chi connectivity index (χ4v) is 4.37. The minimum Gasteiger partial charge on any atom is -0.497 e. The van der Waals surface area contributed by atoms with Gasteiger partial charge in [0.05, 0.1) is 14.2 Å². The van der Waals surface area contributed by atoms with E-state index >= 15 is 0 Å². The van der Waals surface area contributed by atoms with Crippen LogP contribution in [0.3, 0.4) is 0 Å². The van der Waals surface area contributed by atoms with Gasteiger partial charge in [-0.1, -0.05) is 18.2 Å². The number of esters is 1. The maximum absolute atomic E-state index is 12.7. The highest BCUT2D eigenvalue weighted by Gasteiger charge is 2.14. The second-order valence-corrected chi connectivity index (χ2v) is 8.80. The Morgan fingerprint density at radius 3 is 2.05 bits per heavy atom. The molecule has 3 aromatic carbocycles. The van der Waals surface area contributed by atoms with Gasteiger partial charge in [-0.15, -0.1) is 0 Å². The highest BCUT2D eigenvalue weighted by molar-refractivity contribution is 6.01. The summed E-state index contributed by atoms with van der Waals surface area (Å²) < 4.78 is 9.83. The summed E-state index contributed by atoms with van der Waals surface area (Å²) in [6, 6.07) is 18.1. The van der Waals surface area contributed by atoms with Gasteiger partial charge < -0.3 is 14.5 Å². The standard InChI is InChI=1S/C29H29N3O5/c1-17-13-19(5-12-26(33)37-4)14-18(2)27(17)25-15-21-6-7-22(16-24(21)30-25)29(35)32-31-28(34)20-8-10-23(36-3)11-9-20/h6-11,13-16,30H,5,12H2,1-4H3,(H,31,34)(H,32,35). The van der Waals surface area contributed by atoms with E-state index in [0.717, 1.165) is 38.9 Å². The molecule has 0 unspecified atom stereocenters. The number of hydrogen-bond donors (Lipinski definition) is 3. The number of H-pyrrole nitrogens is 1. The molecule has 37 heavy (non-hydrogen) atoms. The van der Waals surface area contributed by atoms with Crippen molar-refractivity contribution in [2.75, 3.05) is 14.2 Å². The predicted molar refractivity (Wildman–Crippen MR) is 141 cm³/mol. The molecule has 0 saturated heterocycles. The molecule has 2 amide bonds. The van der Waals surface area contributed by atoms with Crippen LogP contribution in [0.2, 0.25) is 0 Å². The van der Waals surface area contributed by atoms with E-state index in [1.54, 1.807) is 43.5 Å². The summed E-state index contributed by atoms with van der Waals surface area (Å²) >= 11 is 0. The van der Waals surface area contributed by atoms with Crippen molar-refractivity contribution in [3.63, 3.8) is 0 Å². The normalized spacial score (nSPS) is 10.7. The van der Waals surface area contributed by atoms with E-state index in [9.17, 15) is 14.4 Å². The zero-order valence-corrected chi connectivity index (χ0v) is 21.2. The molecule has 0 aliphatic carbocycles. The monoisotopic (exact) mass is 499 g/mol. The van der Waals surface area contributed by atoms with Crippen molar-refractivity contribution in [1.29, 1.82) is 0 Å². The number of amides is 2. The number of aromatic nitrogens is 1. The second kappa shape index (κ2) is 11.0. The second-order valence-electron chi connectivity index (χ2n) is 8.80. The number of ether oxygens (including phenoxy) is 2. The summed E-state index contributed by atoms with van der Waals surface area (Å²) in [4.78, 5) is 39.9. The van der Waals surface area contributed by atoms with Gasteiger partial charge in [-0.05, 0) is 79.4 Å². The molecule has 4 aromatic rings. The van der Waals surface area contributed by atoms with E-state index in [0.29, 0.717) is 29.7 Å². The molecular weight excluding hydrogens is 470 g/mol. The van der Waals surface area contributed by atoms with Crippen LogP contribution in [0.5, 0.6) is 5.75 Å². The molecular formula is C29H29N3O5. The molecule has 3 N–H and O–H groups in total. The summed E-state index contributed by atoms with van der Waals surface area (Å²) in [6.07, 6.45) is 0.960. The van der Waals surface area contributed by atoms with Crippen LogP contribution in [-0.4, -0.2) is 37.0 Å². The number of carbonyl (C=O) groups is 3. The first-order valence-corrected chi connectivity index (χ1v) is 11.8. The van der Waals surface area contributed by atoms with Crippen LogP contribution in [0, 0.1) is 13.8 Å². The summed E-state index contributed by atoms with van der Waals surface area (Å²) in [6.45, 7) is 4.08. The zero-order chi connectivity index (χ0) is 26.5. The van der Waals surface area contributed by atoms with E-state index in [2.05, 4.69) is 28.0 Å². The van der Waals surface area contributed by atoms with Crippen molar-refractivity contribution in [1.82, 2.24) is 15.8 Å². The molecule has 0 atom stereocenters. The lowest BCUT2D eigenvalue weighted by Crippen LogP contribution is -2.41. The van der Waals surface area contributed by atoms with Crippen molar-refractivity contribution in [3.05, 3.63) is 88.5 Å². The third-order valence-corrected chi connectivity index (χ3v) is 6.23. The lowest BCUT2D eigenvalue weighted by molar-refractivity contribution is -0.140. The molecule has 0 aliphatic rings. The number of methoxy groups -OCH3 is 2. The average molecular weight is 500 g/mol. The Balaban J connectivity index is 1.48. The lowest BCUT2D eigenvalue weighted by atomic mass is 9.95. The van der Waals surface area contributed by atoms with Crippen molar-refractivity contribution in [3.8, 4) is 17.0 Å². The maximum atomic E-state index is 12.7. The summed E-state index contributed by atoms with van der Waals surface area (Å²) in [7, 11) is 2.94. The molecule has 0 spiro atoms. The van der Waals surface area contributed by atoms with Crippen molar-refractivity contribution < 1.29 is 23.9 Å². The highest BCUT2D eigenvalue weighted by Crippen LogP contribution is 2.31. The molecule has 190 valence electrons. The van der Waals surface area contributed by atoms with Gasteiger partial charge >= 0.3 is 5.97 Å². The van der Waals surface area contributed by atoms with Gasteiger partial charge in [0, 0.05) is 39.7 Å². The Morgan fingerprint density at radius 2 is 1.43 bits per heavy atom. The third-order valence-electron chi connectivity index (χ3n) is 6.23. The highest BCUT2D eigenvalue weighted by atomic mass is 16.5. The Labute approximate surface area is 215 Å². The van der Waals surface area contributed by atoms with Gasteiger partial charge in [0.2, 0.25) is 0 Å². The zero-order valence-electron chi connectivity index (χ0n) is 21.2. The molecule has 8 heteroatoms. The Morgan fingerprint density at radius 1 is 0.811 bits per heavy atom. The number of carbonyl (C=O) groups excluding carboxylic acids is 3. The Bertz CT molecular complexity index is 1450. The fraction of sp³-hybridized carbons (Fsp3) is 0.207. The fourth-order valence-electron chi connectivity index (χ4n) is 4.37. The molecule has 0 radical (unpaired) electrons. The summed E-state index contributed by atoms with van der Waals surface area (Å²) in [5.74, 6) is -0.448. The number of benzene rings is 3. The molecule has 0 fully saturated rings. The first-order chi connectivity index (χ1) is 17.8. The molecule has 8 nitrogen and oxygen atoms in total. The number of fused-ring (bicyclic) bond motifs is 1. The topological polar surface area (TPSA) is 110 Å². The Hall–Kier alpha value is -4.59. The molecule has 1 aromatic heterocycles. The Kier molecular flexibility index (Phi) is 7.57. The minimum atomic E-state index is -0.430. The molecule has 0 bridgehead atoms. The van der Waals surface area contributed by atoms with Crippen molar-refractivity contribution in [2.24, 2.45) is 0 Å². The van der Waals surface area contributed by atoms with Gasteiger partial charge in [0.1, 0.15) is 5.75 Å². The van der Waals surface area contributed by atoms with Gasteiger partial charge in [-0.25, -0.2) is 0 Å². The number of aromatic amines is 1. The molecule has 1 heterocycles. The van der Waals surface area contributed by atoms with Crippen molar-refractivity contribution in [2.45, 2.75) is 26.7 Å². The maximum Gasteiger partial charge on any atom is 0.305 e. The number of nitrogens with one attached hydrogen (secondary N) is 3. The van der Waals surface area contributed by atoms with E-state index in [1.807, 2.05) is 26.0 Å². The number of rotatable bonds is 7. The van der Waals surface area contributed by atoms with Crippen LogP contribution in [0.4, 0.5) is 0 Å². The van der Waals surface area contributed by atoms with Gasteiger partial charge in [-0.3, -0.25) is 25.2 Å². The largest absolute Gasteiger partial charge is 0.497 e. The van der Waals surface area contributed by atoms with Crippen LogP contribution in [0.1, 0.15) is 43.8 Å². The summed E-state index contributed by atoms with van der Waals surface area (Å²) in [5.41, 5.74) is 11.8.